The van der Waals surface area contributed by atoms with Crippen LogP contribution in [0.4, 0.5) is 5.69 Å². The summed E-state index contributed by atoms with van der Waals surface area (Å²) in [4.78, 5) is 23.6. The quantitative estimate of drug-likeness (QED) is 0.355. The number of hydrogen-bond acceptors (Lipinski definition) is 4. The highest BCUT2D eigenvalue weighted by Crippen LogP contribution is 2.17. The lowest BCUT2D eigenvalue weighted by Gasteiger charge is -2.35. The number of hydrogen-bond donors (Lipinski definition) is 1. The number of aryl methyl sites for hydroxylation is 1. The highest BCUT2D eigenvalue weighted by molar-refractivity contribution is 14.0. The molecular weight excluding hydrogens is 493 g/mol. The van der Waals surface area contributed by atoms with Gasteiger partial charge in [0.05, 0.1) is 18.4 Å². The lowest BCUT2D eigenvalue weighted by molar-refractivity contribution is -0.120. The normalized spacial score (nSPS) is 14.8. The van der Waals surface area contributed by atoms with Crippen molar-refractivity contribution in [2.75, 3.05) is 45.2 Å². The summed E-state index contributed by atoms with van der Waals surface area (Å²) in [6.07, 6.45) is 3.60. The number of aromatic nitrogens is 2. The van der Waals surface area contributed by atoms with Crippen LogP contribution in [0, 0.1) is 0 Å². The number of benzene rings is 1. The van der Waals surface area contributed by atoms with Gasteiger partial charge < -0.3 is 20.0 Å². The van der Waals surface area contributed by atoms with E-state index in [4.69, 9.17) is 4.99 Å². The van der Waals surface area contributed by atoms with Crippen LogP contribution in [0.2, 0.25) is 0 Å². The first-order chi connectivity index (χ1) is 14.0. The molecule has 2 heterocycles. The monoisotopic (exact) mass is 525 g/mol. The minimum Gasteiger partial charge on any atom is -0.356 e. The summed E-state index contributed by atoms with van der Waals surface area (Å²) < 4.78 is 1.71. The molecule has 1 saturated heterocycles. The van der Waals surface area contributed by atoms with E-state index in [1.807, 2.05) is 31.1 Å². The summed E-state index contributed by atoms with van der Waals surface area (Å²) in [6, 6.07) is 8.38. The van der Waals surface area contributed by atoms with Crippen molar-refractivity contribution in [2.45, 2.75) is 20.0 Å². The van der Waals surface area contributed by atoms with E-state index in [2.05, 4.69) is 47.6 Å². The van der Waals surface area contributed by atoms with Crippen molar-refractivity contribution in [1.82, 2.24) is 24.9 Å². The highest BCUT2D eigenvalue weighted by atomic mass is 127. The molecule has 1 aromatic heterocycles. The molecule has 1 amide bonds. The molecule has 164 valence electrons. The van der Waals surface area contributed by atoms with Crippen LogP contribution in [0.15, 0.2) is 41.7 Å². The van der Waals surface area contributed by atoms with Gasteiger partial charge in [-0.3, -0.25) is 9.48 Å². The molecule has 0 unspecified atom stereocenters. The molecule has 0 radical (unpaired) electrons. The van der Waals surface area contributed by atoms with Gasteiger partial charge in [0.2, 0.25) is 5.91 Å². The van der Waals surface area contributed by atoms with Crippen LogP contribution >= 0.6 is 24.0 Å². The number of carbonyl (C=O) groups is 1. The van der Waals surface area contributed by atoms with Gasteiger partial charge in [0.15, 0.2) is 5.96 Å². The third-order valence-electron chi connectivity index (χ3n) is 4.86. The van der Waals surface area contributed by atoms with Crippen molar-refractivity contribution in [3.8, 4) is 0 Å². The van der Waals surface area contributed by atoms with E-state index in [9.17, 15) is 4.79 Å². The lowest BCUT2D eigenvalue weighted by Crippen LogP contribution is -2.55. The first kappa shape index (κ1) is 24.1. The molecule has 0 saturated carbocycles. The van der Waals surface area contributed by atoms with Gasteiger partial charge in [-0.25, -0.2) is 4.99 Å². The van der Waals surface area contributed by atoms with Gasteiger partial charge in [-0.15, -0.1) is 24.0 Å². The molecule has 1 N–H and O–H groups in total. The van der Waals surface area contributed by atoms with Gasteiger partial charge in [-0.05, 0) is 32.1 Å². The zero-order valence-corrected chi connectivity index (χ0v) is 20.5. The van der Waals surface area contributed by atoms with Crippen molar-refractivity contribution in [1.29, 1.82) is 0 Å². The standard InChI is InChI=1S/C21H31N7O.HI/c1-5-22-21(23-12-17-8-6-7-9-18(17)14-25(2)3)27-10-11-28(20(29)16-27)19-13-24-26(4)15-19;/h6-9,13,15H,5,10-12,14,16H2,1-4H3,(H,22,23);1H. The van der Waals surface area contributed by atoms with Crippen LogP contribution in [0.25, 0.3) is 0 Å². The van der Waals surface area contributed by atoms with Gasteiger partial charge in [0.1, 0.15) is 6.54 Å². The molecule has 8 nitrogen and oxygen atoms in total. The molecule has 0 atom stereocenters. The zero-order valence-electron chi connectivity index (χ0n) is 18.2. The van der Waals surface area contributed by atoms with E-state index in [1.165, 1.54) is 11.1 Å². The van der Waals surface area contributed by atoms with Gasteiger partial charge in [0, 0.05) is 39.4 Å². The SMILES string of the molecule is CCNC(=NCc1ccccc1CN(C)C)N1CCN(c2cnn(C)c2)C(=O)C1.I. The first-order valence-electron chi connectivity index (χ1n) is 10.0. The van der Waals surface area contributed by atoms with E-state index in [1.54, 1.807) is 15.8 Å². The van der Waals surface area contributed by atoms with E-state index in [-0.39, 0.29) is 29.9 Å². The molecule has 30 heavy (non-hydrogen) atoms. The fourth-order valence-electron chi connectivity index (χ4n) is 3.47. The Labute approximate surface area is 195 Å². The van der Waals surface area contributed by atoms with Crippen molar-refractivity contribution >= 4 is 41.5 Å². The van der Waals surface area contributed by atoms with Gasteiger partial charge in [0.25, 0.3) is 0 Å². The second kappa shape index (κ2) is 11.3. The number of aliphatic imine (C=N–C) groups is 1. The Bertz CT molecular complexity index is 865. The molecule has 2 aromatic rings. The number of rotatable bonds is 6. The maximum Gasteiger partial charge on any atom is 0.246 e. The van der Waals surface area contributed by atoms with Crippen molar-refractivity contribution in [3.05, 3.63) is 47.8 Å². The summed E-state index contributed by atoms with van der Waals surface area (Å²) in [7, 11) is 5.99. The van der Waals surface area contributed by atoms with Crippen molar-refractivity contribution in [2.24, 2.45) is 12.0 Å². The summed E-state index contributed by atoms with van der Waals surface area (Å²) >= 11 is 0. The molecule has 0 aliphatic carbocycles. The Morgan fingerprint density at radius 3 is 2.57 bits per heavy atom. The van der Waals surface area contributed by atoms with Crippen LogP contribution in [0.5, 0.6) is 0 Å². The number of nitrogens with zero attached hydrogens (tertiary/aromatic N) is 6. The maximum atomic E-state index is 12.7. The average Bonchev–Trinajstić information content (AvgIpc) is 3.11. The van der Waals surface area contributed by atoms with Crippen LogP contribution in [-0.4, -0.2) is 71.7 Å². The number of carbonyl (C=O) groups excluding carboxylic acids is 1. The second-order valence-corrected chi connectivity index (χ2v) is 7.52. The zero-order chi connectivity index (χ0) is 20.8. The van der Waals surface area contributed by atoms with Crippen molar-refractivity contribution in [3.63, 3.8) is 0 Å². The number of amides is 1. The number of guanidine groups is 1. The number of halogens is 1. The Morgan fingerprint density at radius 1 is 1.23 bits per heavy atom. The summed E-state index contributed by atoms with van der Waals surface area (Å²) in [6.45, 7) is 5.92. The van der Waals surface area contributed by atoms with Crippen LogP contribution in [-0.2, 0) is 24.9 Å². The predicted octanol–water partition coefficient (Wildman–Crippen LogP) is 1.91. The maximum absolute atomic E-state index is 12.7. The molecule has 1 aliphatic heterocycles. The molecule has 1 aromatic carbocycles. The second-order valence-electron chi connectivity index (χ2n) is 7.52. The fourth-order valence-corrected chi connectivity index (χ4v) is 3.47. The third-order valence-corrected chi connectivity index (χ3v) is 4.86. The van der Waals surface area contributed by atoms with E-state index in [0.29, 0.717) is 19.6 Å². The molecule has 9 heteroatoms. The van der Waals surface area contributed by atoms with Gasteiger partial charge in [-0.2, -0.15) is 5.10 Å². The molecule has 3 rings (SSSR count). The Morgan fingerprint density at radius 2 is 1.97 bits per heavy atom. The van der Waals surface area contributed by atoms with E-state index < -0.39 is 0 Å². The Balaban J connectivity index is 0.00000320. The fraction of sp³-hybridized carbons (Fsp3) is 0.476. The van der Waals surface area contributed by atoms with Crippen molar-refractivity contribution < 1.29 is 4.79 Å². The Kier molecular flexibility index (Phi) is 9.09. The number of nitrogens with one attached hydrogen (secondary N) is 1. The van der Waals surface area contributed by atoms with Crippen LogP contribution < -0.4 is 10.2 Å². The molecule has 1 fully saturated rings. The Hall–Kier alpha value is -2.14. The minimum atomic E-state index is 0. The largest absolute Gasteiger partial charge is 0.356 e. The lowest BCUT2D eigenvalue weighted by atomic mass is 10.1. The summed E-state index contributed by atoms with van der Waals surface area (Å²) in [5, 5.41) is 7.51. The van der Waals surface area contributed by atoms with Gasteiger partial charge >= 0.3 is 0 Å². The minimum absolute atomic E-state index is 0. The van der Waals surface area contributed by atoms with Gasteiger partial charge in [-0.1, -0.05) is 24.3 Å². The van der Waals surface area contributed by atoms with Crippen LogP contribution in [0.3, 0.4) is 0 Å². The highest BCUT2D eigenvalue weighted by Gasteiger charge is 2.27. The smallest absolute Gasteiger partial charge is 0.246 e. The van der Waals surface area contributed by atoms with E-state index >= 15 is 0 Å². The molecular formula is C21H32IN7O. The average molecular weight is 525 g/mol. The topological polar surface area (TPSA) is 69.0 Å². The molecule has 0 spiro atoms. The first-order valence-corrected chi connectivity index (χ1v) is 10.0. The van der Waals surface area contributed by atoms with Crippen LogP contribution in [0.1, 0.15) is 18.1 Å². The predicted molar refractivity (Wildman–Crippen MR) is 131 cm³/mol. The summed E-state index contributed by atoms with van der Waals surface area (Å²) in [5.41, 5.74) is 3.32. The number of anilines is 1. The molecule has 1 aliphatic rings. The molecule has 0 bridgehead atoms. The number of piperazine rings is 1. The third kappa shape index (κ3) is 6.18. The summed E-state index contributed by atoms with van der Waals surface area (Å²) in [5.74, 6) is 0.842. The van der Waals surface area contributed by atoms with E-state index in [0.717, 1.165) is 31.3 Å².